The minimum absolute atomic E-state index is 0.329. The van der Waals surface area contributed by atoms with E-state index in [1.165, 1.54) is 17.5 Å². The molecule has 0 spiro atoms. The van der Waals surface area contributed by atoms with Crippen LogP contribution < -0.4 is 14.8 Å². The minimum atomic E-state index is 0.329. The lowest BCUT2D eigenvalue weighted by molar-refractivity contribution is 0.174. The first-order valence-electron chi connectivity index (χ1n) is 7.11. The van der Waals surface area contributed by atoms with E-state index in [1.807, 2.05) is 12.1 Å². The van der Waals surface area contributed by atoms with Gasteiger partial charge in [0.15, 0.2) is 11.5 Å². The molecule has 0 aromatic heterocycles. The van der Waals surface area contributed by atoms with Crippen LogP contribution in [-0.2, 0) is 12.8 Å². The maximum Gasteiger partial charge on any atom is 0.231 e. The molecule has 2 aromatic rings. The van der Waals surface area contributed by atoms with Gasteiger partial charge in [0.05, 0.1) is 0 Å². The Bertz CT molecular complexity index is 639. The highest BCUT2D eigenvalue weighted by atomic mass is 16.7. The number of fused-ring (bicyclic) bond motifs is 2. The predicted octanol–water partition coefficient (Wildman–Crippen LogP) is 3.38. The summed E-state index contributed by atoms with van der Waals surface area (Å²) < 4.78 is 10.8. The quantitative estimate of drug-likeness (QED) is 0.904. The normalized spacial score (nSPS) is 19.5. The van der Waals surface area contributed by atoms with E-state index in [1.54, 1.807) is 0 Å². The largest absolute Gasteiger partial charge is 0.454 e. The van der Waals surface area contributed by atoms with Crippen molar-refractivity contribution in [3.8, 4) is 11.5 Å². The van der Waals surface area contributed by atoms with Gasteiger partial charge in [-0.3, -0.25) is 0 Å². The molecule has 0 fully saturated rings. The molecule has 2 aliphatic rings. The maximum absolute atomic E-state index is 5.42. The Labute approximate surface area is 118 Å². The third-order valence-corrected chi connectivity index (χ3v) is 4.09. The van der Waals surface area contributed by atoms with Crippen LogP contribution in [0.5, 0.6) is 11.5 Å². The summed E-state index contributed by atoms with van der Waals surface area (Å²) in [6.07, 6.45) is 3.41. The standard InChI is InChI=1S/C17H17NO2/c1-2-4-13-9-14(6-5-12(13)3-1)18-15-7-8-16-17(10-15)20-11-19-16/h1-4,7-8,10,14,18H,5-6,9,11H2/t14-/m0/s1. The number of aryl methyl sites for hydroxylation is 1. The summed E-state index contributed by atoms with van der Waals surface area (Å²) >= 11 is 0. The van der Waals surface area contributed by atoms with Crippen LogP contribution in [0.4, 0.5) is 5.69 Å². The molecule has 0 saturated heterocycles. The number of benzene rings is 2. The van der Waals surface area contributed by atoms with Gasteiger partial charge in [-0.05, 0) is 42.5 Å². The van der Waals surface area contributed by atoms with Crippen molar-refractivity contribution in [3.63, 3.8) is 0 Å². The van der Waals surface area contributed by atoms with Crippen LogP contribution in [0.15, 0.2) is 42.5 Å². The monoisotopic (exact) mass is 267 g/mol. The van der Waals surface area contributed by atoms with Crippen LogP contribution in [0.25, 0.3) is 0 Å². The first kappa shape index (κ1) is 11.6. The molecule has 3 nitrogen and oxygen atoms in total. The molecule has 1 aliphatic carbocycles. The number of rotatable bonds is 2. The van der Waals surface area contributed by atoms with Crippen molar-refractivity contribution in [2.45, 2.75) is 25.3 Å². The lowest BCUT2D eigenvalue weighted by Crippen LogP contribution is -2.27. The molecule has 1 atom stereocenters. The molecule has 1 aliphatic heterocycles. The van der Waals surface area contributed by atoms with E-state index in [0.717, 1.165) is 30.0 Å². The van der Waals surface area contributed by atoms with Crippen LogP contribution in [0.3, 0.4) is 0 Å². The number of hydrogen-bond acceptors (Lipinski definition) is 3. The summed E-state index contributed by atoms with van der Waals surface area (Å²) in [7, 11) is 0. The second kappa shape index (κ2) is 4.75. The van der Waals surface area contributed by atoms with Gasteiger partial charge in [0.2, 0.25) is 6.79 Å². The molecule has 0 saturated carbocycles. The number of nitrogens with one attached hydrogen (secondary N) is 1. The average Bonchev–Trinajstić information content (AvgIpc) is 2.95. The highest BCUT2D eigenvalue weighted by Gasteiger charge is 2.19. The molecule has 102 valence electrons. The van der Waals surface area contributed by atoms with Crippen LogP contribution in [-0.4, -0.2) is 12.8 Å². The second-order valence-electron chi connectivity index (χ2n) is 5.42. The Morgan fingerprint density at radius 3 is 2.75 bits per heavy atom. The SMILES string of the molecule is c1ccc2c(c1)CC[C@H](Nc1ccc3c(c1)OCO3)C2. The lowest BCUT2D eigenvalue weighted by atomic mass is 9.88. The number of hydrogen-bond donors (Lipinski definition) is 1. The van der Waals surface area contributed by atoms with Crippen LogP contribution in [0.1, 0.15) is 17.5 Å². The summed E-state index contributed by atoms with van der Waals surface area (Å²) in [5, 5.41) is 3.62. The topological polar surface area (TPSA) is 30.5 Å². The molecular formula is C17H17NO2. The Balaban J connectivity index is 1.50. The van der Waals surface area contributed by atoms with E-state index in [2.05, 4.69) is 35.6 Å². The van der Waals surface area contributed by atoms with Crippen LogP contribution in [0.2, 0.25) is 0 Å². The zero-order valence-corrected chi connectivity index (χ0v) is 11.3. The summed E-state index contributed by atoms with van der Waals surface area (Å²) in [6, 6.07) is 15.3. The van der Waals surface area contributed by atoms with E-state index in [0.29, 0.717) is 12.8 Å². The fraction of sp³-hybridized carbons (Fsp3) is 0.294. The van der Waals surface area contributed by atoms with Crippen molar-refractivity contribution in [2.75, 3.05) is 12.1 Å². The Morgan fingerprint density at radius 1 is 0.950 bits per heavy atom. The van der Waals surface area contributed by atoms with E-state index in [9.17, 15) is 0 Å². The van der Waals surface area contributed by atoms with Crippen LogP contribution in [0, 0.1) is 0 Å². The zero-order chi connectivity index (χ0) is 13.4. The van der Waals surface area contributed by atoms with Gasteiger partial charge in [-0.1, -0.05) is 24.3 Å². The van der Waals surface area contributed by atoms with Gasteiger partial charge >= 0.3 is 0 Å². The van der Waals surface area contributed by atoms with Crippen molar-refractivity contribution < 1.29 is 9.47 Å². The maximum atomic E-state index is 5.42. The second-order valence-corrected chi connectivity index (χ2v) is 5.42. The highest BCUT2D eigenvalue weighted by Crippen LogP contribution is 2.35. The average molecular weight is 267 g/mol. The Hall–Kier alpha value is -2.16. The van der Waals surface area contributed by atoms with Crippen molar-refractivity contribution in [3.05, 3.63) is 53.6 Å². The molecule has 2 aromatic carbocycles. The van der Waals surface area contributed by atoms with Gasteiger partial charge in [0.1, 0.15) is 0 Å². The van der Waals surface area contributed by atoms with Gasteiger partial charge in [-0.15, -0.1) is 0 Å². The first-order chi connectivity index (χ1) is 9.88. The molecular weight excluding hydrogens is 250 g/mol. The fourth-order valence-electron chi connectivity index (χ4n) is 3.04. The van der Waals surface area contributed by atoms with E-state index in [-0.39, 0.29) is 0 Å². The molecule has 0 bridgehead atoms. The summed E-state index contributed by atoms with van der Waals surface area (Å²) in [5.74, 6) is 1.68. The van der Waals surface area contributed by atoms with E-state index < -0.39 is 0 Å². The molecule has 0 unspecified atom stereocenters. The van der Waals surface area contributed by atoms with Crippen molar-refractivity contribution >= 4 is 5.69 Å². The third kappa shape index (κ3) is 2.09. The molecule has 3 heteroatoms. The smallest absolute Gasteiger partial charge is 0.231 e. The van der Waals surface area contributed by atoms with E-state index in [4.69, 9.17) is 9.47 Å². The number of anilines is 1. The zero-order valence-electron chi connectivity index (χ0n) is 11.3. The molecule has 1 heterocycles. The van der Waals surface area contributed by atoms with Gasteiger partial charge in [0.25, 0.3) is 0 Å². The first-order valence-corrected chi connectivity index (χ1v) is 7.11. The fourth-order valence-corrected chi connectivity index (χ4v) is 3.04. The van der Waals surface area contributed by atoms with Gasteiger partial charge in [-0.25, -0.2) is 0 Å². The highest BCUT2D eigenvalue weighted by molar-refractivity contribution is 5.56. The van der Waals surface area contributed by atoms with Crippen LogP contribution >= 0.6 is 0 Å². The summed E-state index contributed by atoms with van der Waals surface area (Å²) in [4.78, 5) is 0. The van der Waals surface area contributed by atoms with Gasteiger partial charge < -0.3 is 14.8 Å². The van der Waals surface area contributed by atoms with Gasteiger partial charge in [-0.2, -0.15) is 0 Å². The summed E-state index contributed by atoms with van der Waals surface area (Å²) in [6.45, 7) is 0.329. The molecule has 0 radical (unpaired) electrons. The third-order valence-electron chi connectivity index (χ3n) is 4.09. The lowest BCUT2D eigenvalue weighted by Gasteiger charge is -2.26. The molecule has 0 amide bonds. The van der Waals surface area contributed by atoms with E-state index >= 15 is 0 Å². The predicted molar refractivity (Wildman–Crippen MR) is 78.4 cm³/mol. The van der Waals surface area contributed by atoms with Gasteiger partial charge in [0, 0.05) is 17.8 Å². The summed E-state index contributed by atoms with van der Waals surface area (Å²) in [5.41, 5.74) is 4.08. The van der Waals surface area contributed by atoms with Crippen molar-refractivity contribution in [2.24, 2.45) is 0 Å². The molecule has 1 N–H and O–H groups in total. The Kier molecular flexibility index (Phi) is 2.76. The molecule has 4 rings (SSSR count). The minimum Gasteiger partial charge on any atom is -0.454 e. The number of ether oxygens (including phenoxy) is 2. The molecule has 20 heavy (non-hydrogen) atoms. The Morgan fingerprint density at radius 2 is 1.80 bits per heavy atom. The van der Waals surface area contributed by atoms with Crippen molar-refractivity contribution in [1.82, 2.24) is 0 Å². The van der Waals surface area contributed by atoms with Crippen molar-refractivity contribution in [1.29, 1.82) is 0 Å².